The Balaban J connectivity index is 1.50. The van der Waals surface area contributed by atoms with E-state index < -0.39 is 0 Å². The number of benzene rings is 1. The van der Waals surface area contributed by atoms with Gasteiger partial charge >= 0.3 is 0 Å². The number of ether oxygens (including phenoxy) is 1. The van der Waals surface area contributed by atoms with E-state index in [1.165, 1.54) is 50.0 Å². The van der Waals surface area contributed by atoms with Crippen LogP contribution in [-0.4, -0.2) is 37.7 Å². The van der Waals surface area contributed by atoms with Gasteiger partial charge in [0.1, 0.15) is 0 Å². The Bertz CT molecular complexity index is 409. The molecular formula is C17H26N2O. The van der Waals surface area contributed by atoms with E-state index in [2.05, 4.69) is 34.5 Å². The van der Waals surface area contributed by atoms with Gasteiger partial charge < -0.3 is 10.1 Å². The Hall–Kier alpha value is -1.06. The van der Waals surface area contributed by atoms with Crippen LogP contribution < -0.4 is 5.32 Å². The molecule has 1 unspecified atom stereocenters. The molecule has 1 atom stereocenters. The van der Waals surface area contributed by atoms with Gasteiger partial charge in [-0.1, -0.05) is 12.1 Å². The monoisotopic (exact) mass is 274 g/mol. The van der Waals surface area contributed by atoms with Gasteiger partial charge in [-0.2, -0.15) is 0 Å². The third-order valence-corrected chi connectivity index (χ3v) is 4.38. The van der Waals surface area contributed by atoms with Crippen molar-refractivity contribution in [3.8, 4) is 0 Å². The summed E-state index contributed by atoms with van der Waals surface area (Å²) in [7, 11) is 0. The van der Waals surface area contributed by atoms with Crippen LogP contribution in [0.2, 0.25) is 0 Å². The molecule has 0 bridgehead atoms. The van der Waals surface area contributed by atoms with Gasteiger partial charge in [0.2, 0.25) is 0 Å². The highest BCUT2D eigenvalue weighted by Gasteiger charge is 2.14. The lowest BCUT2D eigenvalue weighted by atomic mass is 10.0. The SMILES string of the molecule is c1cc(CN2CCCC2)cc(NCC2CCCOC2)c1. The zero-order valence-electron chi connectivity index (χ0n) is 12.3. The van der Waals surface area contributed by atoms with Crippen LogP contribution >= 0.6 is 0 Å². The van der Waals surface area contributed by atoms with E-state index in [4.69, 9.17) is 4.74 Å². The first-order chi connectivity index (χ1) is 9.90. The maximum absolute atomic E-state index is 5.54. The summed E-state index contributed by atoms with van der Waals surface area (Å²) in [6, 6.07) is 8.90. The zero-order valence-corrected chi connectivity index (χ0v) is 12.3. The summed E-state index contributed by atoms with van der Waals surface area (Å²) >= 11 is 0. The van der Waals surface area contributed by atoms with Crippen molar-refractivity contribution in [1.29, 1.82) is 0 Å². The second-order valence-corrected chi connectivity index (χ2v) is 6.15. The fraction of sp³-hybridized carbons (Fsp3) is 0.647. The Kier molecular flexibility index (Phi) is 4.93. The molecule has 1 aromatic rings. The summed E-state index contributed by atoms with van der Waals surface area (Å²) in [6.07, 6.45) is 5.22. The number of nitrogens with zero attached hydrogens (tertiary/aromatic N) is 1. The summed E-state index contributed by atoms with van der Waals surface area (Å²) in [4.78, 5) is 2.55. The van der Waals surface area contributed by atoms with Crippen molar-refractivity contribution in [2.45, 2.75) is 32.2 Å². The van der Waals surface area contributed by atoms with Crippen LogP contribution in [0.5, 0.6) is 0 Å². The summed E-state index contributed by atoms with van der Waals surface area (Å²) in [5.41, 5.74) is 2.68. The molecule has 2 fully saturated rings. The van der Waals surface area contributed by atoms with Gasteiger partial charge in [-0.3, -0.25) is 4.90 Å². The van der Waals surface area contributed by atoms with Crippen LogP contribution in [0.15, 0.2) is 24.3 Å². The van der Waals surface area contributed by atoms with Gasteiger partial charge in [0.05, 0.1) is 6.61 Å². The standard InChI is InChI=1S/C17H26N2O/c1-2-9-19(8-1)13-15-5-3-7-17(11-15)18-12-16-6-4-10-20-14-16/h3,5,7,11,16,18H,1-2,4,6,8-10,12-14H2. The Morgan fingerprint density at radius 3 is 2.90 bits per heavy atom. The van der Waals surface area contributed by atoms with E-state index in [9.17, 15) is 0 Å². The van der Waals surface area contributed by atoms with E-state index in [-0.39, 0.29) is 0 Å². The van der Waals surface area contributed by atoms with Gasteiger partial charge in [-0.25, -0.2) is 0 Å². The van der Waals surface area contributed by atoms with E-state index in [1.54, 1.807) is 0 Å². The van der Waals surface area contributed by atoms with Crippen LogP contribution in [0.3, 0.4) is 0 Å². The normalized spacial score (nSPS) is 23.9. The minimum absolute atomic E-state index is 0.672. The molecule has 0 saturated carbocycles. The molecule has 2 heterocycles. The number of anilines is 1. The highest BCUT2D eigenvalue weighted by atomic mass is 16.5. The lowest BCUT2D eigenvalue weighted by molar-refractivity contribution is 0.0595. The highest BCUT2D eigenvalue weighted by molar-refractivity contribution is 5.45. The lowest BCUT2D eigenvalue weighted by Gasteiger charge is -2.23. The van der Waals surface area contributed by atoms with Crippen LogP contribution in [-0.2, 0) is 11.3 Å². The predicted octanol–water partition coefficient (Wildman–Crippen LogP) is 3.12. The molecule has 2 saturated heterocycles. The quantitative estimate of drug-likeness (QED) is 0.893. The molecule has 20 heavy (non-hydrogen) atoms. The van der Waals surface area contributed by atoms with Crippen molar-refractivity contribution in [3.05, 3.63) is 29.8 Å². The molecule has 0 amide bonds. The van der Waals surface area contributed by atoms with E-state index in [0.29, 0.717) is 5.92 Å². The zero-order chi connectivity index (χ0) is 13.6. The first kappa shape index (κ1) is 13.9. The smallest absolute Gasteiger partial charge is 0.0511 e. The molecule has 3 nitrogen and oxygen atoms in total. The summed E-state index contributed by atoms with van der Waals surface area (Å²) < 4.78 is 5.54. The molecule has 2 aliphatic rings. The van der Waals surface area contributed by atoms with Crippen LogP contribution in [0.4, 0.5) is 5.69 Å². The first-order valence-electron chi connectivity index (χ1n) is 8.03. The molecule has 3 heteroatoms. The van der Waals surface area contributed by atoms with E-state index in [1.807, 2.05) is 0 Å². The molecule has 0 aliphatic carbocycles. The fourth-order valence-electron chi connectivity index (χ4n) is 3.21. The minimum atomic E-state index is 0.672. The third-order valence-electron chi connectivity index (χ3n) is 4.38. The maximum Gasteiger partial charge on any atom is 0.0511 e. The average Bonchev–Trinajstić information content (AvgIpc) is 3.00. The second-order valence-electron chi connectivity index (χ2n) is 6.15. The average molecular weight is 274 g/mol. The van der Waals surface area contributed by atoms with Crippen molar-refractivity contribution < 1.29 is 4.74 Å². The van der Waals surface area contributed by atoms with Crippen LogP contribution in [0, 0.1) is 5.92 Å². The Morgan fingerprint density at radius 2 is 2.10 bits per heavy atom. The van der Waals surface area contributed by atoms with Crippen LogP contribution in [0.1, 0.15) is 31.2 Å². The number of likely N-dealkylation sites (tertiary alicyclic amines) is 1. The maximum atomic E-state index is 5.54. The highest BCUT2D eigenvalue weighted by Crippen LogP contribution is 2.18. The summed E-state index contributed by atoms with van der Waals surface area (Å²) in [5, 5.41) is 3.58. The second kappa shape index (κ2) is 7.09. The van der Waals surface area contributed by atoms with E-state index >= 15 is 0 Å². The van der Waals surface area contributed by atoms with Crippen LogP contribution in [0.25, 0.3) is 0 Å². The molecule has 0 radical (unpaired) electrons. The molecule has 3 rings (SSSR count). The minimum Gasteiger partial charge on any atom is -0.385 e. The van der Waals surface area contributed by atoms with Crippen molar-refractivity contribution in [2.75, 3.05) is 38.2 Å². The molecule has 110 valence electrons. The molecule has 1 aromatic carbocycles. The third kappa shape index (κ3) is 3.97. The molecule has 2 aliphatic heterocycles. The number of hydrogen-bond donors (Lipinski definition) is 1. The number of hydrogen-bond acceptors (Lipinski definition) is 3. The van der Waals surface area contributed by atoms with Crippen molar-refractivity contribution in [3.63, 3.8) is 0 Å². The van der Waals surface area contributed by atoms with Gasteiger partial charge in [0.25, 0.3) is 0 Å². The van der Waals surface area contributed by atoms with Crippen molar-refractivity contribution in [2.24, 2.45) is 5.92 Å². The first-order valence-corrected chi connectivity index (χ1v) is 8.03. The van der Waals surface area contributed by atoms with Crippen molar-refractivity contribution >= 4 is 5.69 Å². The summed E-state index contributed by atoms with van der Waals surface area (Å²) in [5.74, 6) is 0.672. The van der Waals surface area contributed by atoms with Gasteiger partial charge in [0.15, 0.2) is 0 Å². The fourth-order valence-corrected chi connectivity index (χ4v) is 3.21. The van der Waals surface area contributed by atoms with Crippen molar-refractivity contribution in [1.82, 2.24) is 4.90 Å². The molecule has 0 aromatic heterocycles. The molecule has 1 N–H and O–H groups in total. The topological polar surface area (TPSA) is 24.5 Å². The molecular weight excluding hydrogens is 248 g/mol. The van der Waals surface area contributed by atoms with Gasteiger partial charge in [-0.05, 0) is 62.4 Å². The Labute approximate surface area is 122 Å². The largest absolute Gasteiger partial charge is 0.385 e. The lowest BCUT2D eigenvalue weighted by Crippen LogP contribution is -2.24. The van der Waals surface area contributed by atoms with E-state index in [0.717, 1.165) is 26.3 Å². The summed E-state index contributed by atoms with van der Waals surface area (Å²) in [6.45, 7) is 6.52. The van der Waals surface area contributed by atoms with Gasteiger partial charge in [-0.15, -0.1) is 0 Å². The Morgan fingerprint density at radius 1 is 1.20 bits per heavy atom. The molecule has 0 spiro atoms. The predicted molar refractivity (Wildman–Crippen MR) is 83.0 cm³/mol. The number of nitrogens with one attached hydrogen (secondary N) is 1. The van der Waals surface area contributed by atoms with Gasteiger partial charge in [0, 0.05) is 25.4 Å². The number of rotatable bonds is 5.